The second-order valence-electron chi connectivity index (χ2n) is 6.73. The third kappa shape index (κ3) is 4.48. The molecule has 25 heavy (non-hydrogen) atoms. The molecule has 7 nitrogen and oxygen atoms in total. The molecule has 1 saturated heterocycles. The van der Waals surface area contributed by atoms with Crippen LogP contribution in [0.2, 0.25) is 0 Å². The Hall–Kier alpha value is -2.15. The standard InChI is InChI=1S/C18H27N5O2/c1-4-17-19-14(3)16(20-17)12-22-6-5-7-23(9-8-22)18(24)11-15-10-13(2)21-25-15/h10H,4-9,11-12H2,1-3H3,(H,19,20). The number of nitrogens with zero attached hydrogens (tertiary/aromatic N) is 4. The van der Waals surface area contributed by atoms with Gasteiger partial charge >= 0.3 is 0 Å². The molecule has 3 heterocycles. The van der Waals surface area contributed by atoms with E-state index in [1.807, 2.05) is 17.9 Å². The maximum atomic E-state index is 12.5. The molecule has 0 saturated carbocycles. The van der Waals surface area contributed by atoms with Gasteiger partial charge in [-0.25, -0.2) is 4.98 Å². The Kier molecular flexibility index (Phi) is 5.53. The average Bonchev–Trinajstić information content (AvgIpc) is 3.05. The summed E-state index contributed by atoms with van der Waals surface area (Å²) >= 11 is 0. The third-order valence-corrected chi connectivity index (χ3v) is 4.69. The van der Waals surface area contributed by atoms with E-state index in [2.05, 4.69) is 33.9 Å². The molecular formula is C18H27N5O2. The summed E-state index contributed by atoms with van der Waals surface area (Å²) < 4.78 is 5.16. The van der Waals surface area contributed by atoms with Crippen molar-refractivity contribution < 1.29 is 9.32 Å². The van der Waals surface area contributed by atoms with Gasteiger partial charge in [-0.15, -0.1) is 0 Å². The van der Waals surface area contributed by atoms with Crippen molar-refractivity contribution in [3.63, 3.8) is 0 Å². The lowest BCUT2D eigenvalue weighted by Crippen LogP contribution is -2.36. The molecular weight excluding hydrogens is 318 g/mol. The van der Waals surface area contributed by atoms with Crippen LogP contribution in [0, 0.1) is 13.8 Å². The molecule has 136 valence electrons. The highest BCUT2D eigenvalue weighted by Gasteiger charge is 2.21. The van der Waals surface area contributed by atoms with Crippen LogP contribution in [0.5, 0.6) is 0 Å². The third-order valence-electron chi connectivity index (χ3n) is 4.69. The molecule has 0 bridgehead atoms. The summed E-state index contributed by atoms with van der Waals surface area (Å²) in [6, 6.07) is 1.83. The second-order valence-corrected chi connectivity index (χ2v) is 6.73. The van der Waals surface area contributed by atoms with Gasteiger partial charge in [0.15, 0.2) is 0 Å². The first-order valence-corrected chi connectivity index (χ1v) is 9.02. The van der Waals surface area contributed by atoms with Gasteiger partial charge in [-0.1, -0.05) is 12.1 Å². The molecule has 2 aromatic heterocycles. The fourth-order valence-electron chi connectivity index (χ4n) is 3.24. The Morgan fingerprint density at radius 2 is 2.12 bits per heavy atom. The number of nitrogens with one attached hydrogen (secondary N) is 1. The molecule has 0 aromatic carbocycles. The first kappa shape index (κ1) is 17.7. The second kappa shape index (κ2) is 7.82. The van der Waals surface area contributed by atoms with Crippen LogP contribution in [0.1, 0.15) is 42.0 Å². The summed E-state index contributed by atoms with van der Waals surface area (Å²) in [5.41, 5.74) is 3.08. The van der Waals surface area contributed by atoms with Gasteiger partial charge in [0.05, 0.1) is 17.8 Å². The molecule has 0 radical (unpaired) electrons. The zero-order chi connectivity index (χ0) is 17.8. The lowest BCUT2D eigenvalue weighted by atomic mass is 10.2. The summed E-state index contributed by atoms with van der Waals surface area (Å²) in [5.74, 6) is 1.80. The van der Waals surface area contributed by atoms with Gasteiger partial charge in [0, 0.05) is 50.9 Å². The number of rotatable bonds is 5. The Morgan fingerprint density at radius 3 is 2.80 bits per heavy atom. The van der Waals surface area contributed by atoms with Crippen molar-refractivity contribution >= 4 is 5.91 Å². The minimum absolute atomic E-state index is 0.113. The van der Waals surface area contributed by atoms with Crippen LogP contribution in [-0.4, -0.2) is 57.0 Å². The number of imidazole rings is 1. The van der Waals surface area contributed by atoms with E-state index in [-0.39, 0.29) is 5.91 Å². The Bertz CT molecular complexity index is 721. The molecule has 7 heteroatoms. The van der Waals surface area contributed by atoms with E-state index in [4.69, 9.17) is 4.52 Å². The van der Waals surface area contributed by atoms with E-state index in [1.165, 1.54) is 0 Å². The summed E-state index contributed by atoms with van der Waals surface area (Å²) in [5, 5.41) is 3.85. The smallest absolute Gasteiger partial charge is 0.230 e. The van der Waals surface area contributed by atoms with Gasteiger partial charge in [0.25, 0.3) is 0 Å². The highest BCUT2D eigenvalue weighted by Crippen LogP contribution is 2.13. The number of carbonyl (C=O) groups is 1. The van der Waals surface area contributed by atoms with Gasteiger partial charge in [0.1, 0.15) is 11.6 Å². The Morgan fingerprint density at radius 1 is 1.28 bits per heavy atom. The number of H-pyrrole nitrogens is 1. The maximum absolute atomic E-state index is 12.5. The molecule has 3 rings (SSSR count). The highest BCUT2D eigenvalue weighted by molar-refractivity contribution is 5.78. The van der Waals surface area contributed by atoms with Crippen LogP contribution < -0.4 is 0 Å². The molecule has 1 aliphatic heterocycles. The molecule has 0 unspecified atom stereocenters. The predicted molar refractivity (Wildman–Crippen MR) is 94.1 cm³/mol. The predicted octanol–water partition coefficient (Wildman–Crippen LogP) is 1.85. The summed E-state index contributed by atoms with van der Waals surface area (Å²) in [4.78, 5) is 24.8. The summed E-state index contributed by atoms with van der Waals surface area (Å²) in [7, 11) is 0. The van der Waals surface area contributed by atoms with Crippen molar-refractivity contribution in [1.82, 2.24) is 24.9 Å². The van der Waals surface area contributed by atoms with Crippen molar-refractivity contribution in [3.05, 3.63) is 34.7 Å². The average molecular weight is 345 g/mol. The number of aryl methyl sites for hydroxylation is 3. The minimum atomic E-state index is 0.113. The van der Waals surface area contributed by atoms with Crippen LogP contribution in [-0.2, 0) is 24.2 Å². The molecule has 0 atom stereocenters. The van der Waals surface area contributed by atoms with E-state index >= 15 is 0 Å². The van der Waals surface area contributed by atoms with Gasteiger partial charge in [0.2, 0.25) is 5.91 Å². The van der Waals surface area contributed by atoms with E-state index in [1.54, 1.807) is 0 Å². The topological polar surface area (TPSA) is 78.3 Å². The highest BCUT2D eigenvalue weighted by atomic mass is 16.5. The SMILES string of the molecule is CCc1nc(CN2CCCN(C(=O)Cc3cc(C)no3)CC2)c(C)[nH]1. The normalized spacial score (nSPS) is 16.2. The van der Waals surface area contributed by atoms with Crippen molar-refractivity contribution in [1.29, 1.82) is 0 Å². The Labute approximate surface area is 148 Å². The van der Waals surface area contributed by atoms with E-state index in [9.17, 15) is 4.79 Å². The van der Waals surface area contributed by atoms with Crippen molar-refractivity contribution in [2.75, 3.05) is 26.2 Å². The van der Waals surface area contributed by atoms with Gasteiger partial charge in [-0.05, 0) is 20.3 Å². The van der Waals surface area contributed by atoms with Crippen LogP contribution in [0.3, 0.4) is 0 Å². The fraction of sp³-hybridized carbons (Fsp3) is 0.611. The first-order valence-electron chi connectivity index (χ1n) is 9.02. The van der Waals surface area contributed by atoms with Gasteiger partial charge in [-0.2, -0.15) is 0 Å². The largest absolute Gasteiger partial charge is 0.361 e. The number of amides is 1. The number of carbonyl (C=O) groups excluding carboxylic acids is 1. The lowest BCUT2D eigenvalue weighted by molar-refractivity contribution is -0.130. The van der Waals surface area contributed by atoms with Crippen LogP contribution >= 0.6 is 0 Å². The van der Waals surface area contributed by atoms with Crippen LogP contribution in [0.25, 0.3) is 0 Å². The first-order chi connectivity index (χ1) is 12.0. The summed E-state index contributed by atoms with van der Waals surface area (Å²) in [6.45, 7) is 10.3. The maximum Gasteiger partial charge on any atom is 0.230 e. The Balaban J connectivity index is 1.54. The zero-order valence-corrected chi connectivity index (χ0v) is 15.3. The van der Waals surface area contributed by atoms with Crippen LogP contribution in [0.4, 0.5) is 0 Å². The number of hydrogen-bond acceptors (Lipinski definition) is 5. The summed E-state index contributed by atoms with van der Waals surface area (Å²) in [6.07, 6.45) is 2.19. The molecule has 1 fully saturated rings. The molecule has 0 aliphatic carbocycles. The van der Waals surface area contributed by atoms with Crippen molar-refractivity contribution in [3.8, 4) is 0 Å². The lowest BCUT2D eigenvalue weighted by Gasteiger charge is -2.21. The fourth-order valence-corrected chi connectivity index (χ4v) is 3.24. The van der Waals surface area contributed by atoms with Gasteiger partial charge in [-0.3, -0.25) is 9.69 Å². The van der Waals surface area contributed by atoms with Gasteiger partial charge < -0.3 is 14.4 Å². The molecule has 0 spiro atoms. The van der Waals surface area contributed by atoms with Crippen molar-refractivity contribution in [2.45, 2.75) is 46.6 Å². The van der Waals surface area contributed by atoms with E-state index < -0.39 is 0 Å². The monoisotopic (exact) mass is 345 g/mol. The quantitative estimate of drug-likeness (QED) is 0.895. The number of hydrogen-bond donors (Lipinski definition) is 1. The number of aromatic amines is 1. The number of aromatic nitrogens is 3. The van der Waals surface area contributed by atoms with E-state index in [0.717, 1.165) is 68.5 Å². The van der Waals surface area contributed by atoms with Crippen LogP contribution in [0.15, 0.2) is 10.6 Å². The molecule has 2 aromatic rings. The minimum Gasteiger partial charge on any atom is -0.361 e. The molecule has 1 aliphatic rings. The molecule has 1 amide bonds. The zero-order valence-electron chi connectivity index (χ0n) is 15.3. The molecule has 1 N–H and O–H groups in total. The van der Waals surface area contributed by atoms with Crippen molar-refractivity contribution in [2.24, 2.45) is 0 Å². The van der Waals surface area contributed by atoms with E-state index in [0.29, 0.717) is 12.2 Å².